The van der Waals surface area contributed by atoms with E-state index in [4.69, 9.17) is 0 Å². The quantitative estimate of drug-likeness (QED) is 0.702. The zero-order valence-corrected chi connectivity index (χ0v) is 9.36. The number of rotatable bonds is 4. The van der Waals surface area contributed by atoms with E-state index in [0.29, 0.717) is 0 Å². The van der Waals surface area contributed by atoms with Gasteiger partial charge in [-0.25, -0.2) is 0 Å². The molecule has 9 heavy (non-hydrogen) atoms. The Morgan fingerprint density at radius 3 is 1.78 bits per heavy atom. The van der Waals surface area contributed by atoms with E-state index in [1.165, 1.54) is 19.6 Å². The largest absolute Gasteiger partial charge is 0.303 e. The molecule has 0 atom stereocenters. The van der Waals surface area contributed by atoms with Gasteiger partial charge in [-0.2, -0.15) is 0 Å². The van der Waals surface area contributed by atoms with Crippen molar-refractivity contribution in [3.05, 3.63) is 0 Å². The average Bonchev–Trinajstić information content (AvgIpc) is 1.83. The van der Waals surface area contributed by atoms with E-state index in [2.05, 4.69) is 34.7 Å². The summed E-state index contributed by atoms with van der Waals surface area (Å²) < 4.78 is 0. The molecule has 0 radical (unpaired) electrons. The molecular formula is C6H15Br2N. The minimum Gasteiger partial charge on any atom is -0.303 e. The molecule has 0 aliphatic rings. The summed E-state index contributed by atoms with van der Waals surface area (Å²) in [5.74, 6) is 0. The molecule has 0 fully saturated rings. The molecule has 0 saturated carbocycles. The fraction of sp³-hybridized carbons (Fsp3) is 1.00. The van der Waals surface area contributed by atoms with Crippen LogP contribution < -0.4 is 0 Å². The molecule has 0 amide bonds. The van der Waals surface area contributed by atoms with E-state index in [9.17, 15) is 0 Å². The molecule has 1 nitrogen and oxygen atoms in total. The highest BCUT2D eigenvalue weighted by Gasteiger charge is 1.93. The smallest absolute Gasteiger partial charge is 0.0159 e. The van der Waals surface area contributed by atoms with E-state index in [1.807, 2.05) is 0 Å². The lowest BCUT2D eigenvalue weighted by Crippen LogP contribution is -2.24. The summed E-state index contributed by atoms with van der Waals surface area (Å²) in [6.07, 6.45) is 0. The highest BCUT2D eigenvalue weighted by atomic mass is 79.9. The Kier molecular flexibility index (Phi) is 12.5. The fourth-order valence-electron chi connectivity index (χ4n) is 0.659. The molecule has 0 heterocycles. The van der Waals surface area contributed by atoms with Gasteiger partial charge in [-0.1, -0.05) is 29.8 Å². The molecule has 0 rings (SSSR count). The third-order valence-electron chi connectivity index (χ3n) is 1.30. The number of hydrogen-bond acceptors (Lipinski definition) is 1. The summed E-state index contributed by atoms with van der Waals surface area (Å²) in [6.45, 7) is 7.88. The Hall–Kier alpha value is 0.920. The monoisotopic (exact) mass is 259 g/mol. The molecule has 0 aromatic carbocycles. The SMILES string of the molecule is Br.CCN(CC)CCBr. The molecule has 0 N–H and O–H groups in total. The second kappa shape index (κ2) is 8.92. The maximum Gasteiger partial charge on any atom is 0.0159 e. The van der Waals surface area contributed by atoms with Crippen LogP contribution in [-0.2, 0) is 0 Å². The normalized spacial score (nSPS) is 9.33. The van der Waals surface area contributed by atoms with Gasteiger partial charge in [-0.15, -0.1) is 17.0 Å². The lowest BCUT2D eigenvalue weighted by atomic mass is 10.5. The van der Waals surface area contributed by atoms with Crippen LogP contribution in [0.5, 0.6) is 0 Å². The van der Waals surface area contributed by atoms with Gasteiger partial charge in [0.05, 0.1) is 0 Å². The Morgan fingerprint density at radius 1 is 1.22 bits per heavy atom. The molecule has 0 aromatic rings. The van der Waals surface area contributed by atoms with Crippen LogP contribution in [0.25, 0.3) is 0 Å². The first kappa shape index (κ1) is 12.6. The van der Waals surface area contributed by atoms with Gasteiger partial charge in [0.1, 0.15) is 0 Å². The summed E-state index contributed by atoms with van der Waals surface area (Å²) >= 11 is 3.39. The van der Waals surface area contributed by atoms with Crippen LogP contribution in [-0.4, -0.2) is 29.9 Å². The molecule has 0 aliphatic carbocycles. The first-order valence-corrected chi connectivity index (χ1v) is 4.25. The maximum absolute atomic E-state index is 3.39. The molecule has 0 aromatic heterocycles. The van der Waals surface area contributed by atoms with Gasteiger partial charge in [0.25, 0.3) is 0 Å². The summed E-state index contributed by atoms with van der Waals surface area (Å²) in [5.41, 5.74) is 0. The second-order valence-electron chi connectivity index (χ2n) is 1.72. The molecule has 3 heteroatoms. The summed E-state index contributed by atoms with van der Waals surface area (Å²) in [6, 6.07) is 0. The third-order valence-corrected chi connectivity index (χ3v) is 1.65. The van der Waals surface area contributed by atoms with E-state index in [1.54, 1.807) is 0 Å². The van der Waals surface area contributed by atoms with Crippen LogP contribution in [0.1, 0.15) is 13.8 Å². The number of halogens is 2. The van der Waals surface area contributed by atoms with Crippen LogP contribution in [0.15, 0.2) is 0 Å². The summed E-state index contributed by atoms with van der Waals surface area (Å²) in [4.78, 5) is 2.38. The highest BCUT2D eigenvalue weighted by molar-refractivity contribution is 9.09. The topological polar surface area (TPSA) is 3.24 Å². The molecular weight excluding hydrogens is 246 g/mol. The standard InChI is InChI=1S/C6H14BrN.BrH/c1-3-8(4-2)6-5-7;/h3-6H2,1-2H3;1H. The van der Waals surface area contributed by atoms with Crippen molar-refractivity contribution in [1.82, 2.24) is 4.90 Å². The van der Waals surface area contributed by atoms with Crippen LogP contribution >= 0.6 is 32.9 Å². The summed E-state index contributed by atoms with van der Waals surface area (Å²) in [5, 5.41) is 1.09. The Labute approximate surface area is 76.7 Å². The molecule has 0 spiro atoms. The molecule has 0 aliphatic heterocycles. The minimum absolute atomic E-state index is 0. The van der Waals surface area contributed by atoms with Crippen molar-refractivity contribution in [2.75, 3.05) is 25.0 Å². The third kappa shape index (κ3) is 6.81. The zero-order chi connectivity index (χ0) is 6.41. The van der Waals surface area contributed by atoms with Gasteiger partial charge < -0.3 is 4.90 Å². The van der Waals surface area contributed by atoms with Gasteiger partial charge in [0, 0.05) is 11.9 Å². The lowest BCUT2D eigenvalue weighted by Gasteiger charge is -2.15. The van der Waals surface area contributed by atoms with E-state index >= 15 is 0 Å². The van der Waals surface area contributed by atoms with Gasteiger partial charge >= 0.3 is 0 Å². The fourth-order valence-corrected chi connectivity index (χ4v) is 1.16. The van der Waals surface area contributed by atoms with E-state index in [-0.39, 0.29) is 17.0 Å². The molecule has 0 bridgehead atoms. The highest BCUT2D eigenvalue weighted by Crippen LogP contribution is 1.88. The van der Waals surface area contributed by atoms with E-state index in [0.717, 1.165) is 5.33 Å². The van der Waals surface area contributed by atoms with Crippen LogP contribution in [0.2, 0.25) is 0 Å². The Morgan fingerprint density at radius 2 is 1.67 bits per heavy atom. The van der Waals surface area contributed by atoms with Gasteiger partial charge in [-0.3, -0.25) is 0 Å². The van der Waals surface area contributed by atoms with Gasteiger partial charge in [0.2, 0.25) is 0 Å². The average molecular weight is 261 g/mol. The van der Waals surface area contributed by atoms with Crippen LogP contribution in [0.4, 0.5) is 0 Å². The first-order valence-electron chi connectivity index (χ1n) is 3.13. The number of alkyl halides is 1. The predicted molar refractivity (Wildman–Crippen MR) is 51.9 cm³/mol. The summed E-state index contributed by atoms with van der Waals surface area (Å²) in [7, 11) is 0. The molecule has 58 valence electrons. The van der Waals surface area contributed by atoms with Crippen molar-refractivity contribution in [2.45, 2.75) is 13.8 Å². The Bertz CT molecular complexity index is 46.3. The van der Waals surface area contributed by atoms with Crippen molar-refractivity contribution in [3.63, 3.8) is 0 Å². The van der Waals surface area contributed by atoms with Crippen LogP contribution in [0.3, 0.4) is 0 Å². The van der Waals surface area contributed by atoms with E-state index < -0.39 is 0 Å². The lowest BCUT2D eigenvalue weighted by molar-refractivity contribution is 0.324. The zero-order valence-electron chi connectivity index (χ0n) is 6.06. The van der Waals surface area contributed by atoms with Gasteiger partial charge in [0.15, 0.2) is 0 Å². The van der Waals surface area contributed by atoms with Crippen molar-refractivity contribution < 1.29 is 0 Å². The number of nitrogens with zero attached hydrogens (tertiary/aromatic N) is 1. The second-order valence-corrected chi connectivity index (χ2v) is 2.51. The Balaban J connectivity index is 0. The molecule has 0 unspecified atom stereocenters. The van der Waals surface area contributed by atoms with Crippen molar-refractivity contribution in [1.29, 1.82) is 0 Å². The van der Waals surface area contributed by atoms with Crippen LogP contribution in [0, 0.1) is 0 Å². The minimum atomic E-state index is 0. The van der Waals surface area contributed by atoms with Gasteiger partial charge in [-0.05, 0) is 13.1 Å². The molecule has 0 saturated heterocycles. The predicted octanol–water partition coefficient (Wildman–Crippen LogP) is 2.30. The number of hydrogen-bond donors (Lipinski definition) is 0. The maximum atomic E-state index is 3.39. The van der Waals surface area contributed by atoms with Crippen molar-refractivity contribution in [2.24, 2.45) is 0 Å². The first-order chi connectivity index (χ1) is 3.85. The van der Waals surface area contributed by atoms with Crippen molar-refractivity contribution >= 4 is 32.9 Å². The van der Waals surface area contributed by atoms with Crippen molar-refractivity contribution in [3.8, 4) is 0 Å².